The Balaban J connectivity index is 1.72. The zero-order chi connectivity index (χ0) is 15.7. The van der Waals surface area contributed by atoms with E-state index in [0.717, 1.165) is 48.0 Å². The number of aryl methyl sites for hydroxylation is 3. The lowest BCUT2D eigenvalue weighted by Crippen LogP contribution is -2.23. The quantitative estimate of drug-likeness (QED) is 0.893. The highest BCUT2D eigenvalue weighted by Gasteiger charge is 2.33. The number of hydrogen-bond donors (Lipinski definition) is 2. The molecular weight excluding hydrogens is 278 g/mol. The summed E-state index contributed by atoms with van der Waals surface area (Å²) in [6.07, 6.45) is 3.17. The van der Waals surface area contributed by atoms with Gasteiger partial charge in [0.1, 0.15) is 0 Å². The second-order valence-corrected chi connectivity index (χ2v) is 6.13. The summed E-state index contributed by atoms with van der Waals surface area (Å²) in [5, 5.41) is 17.6. The number of aliphatic hydroxyl groups is 1. The van der Waals surface area contributed by atoms with Gasteiger partial charge in [0.05, 0.1) is 11.8 Å². The van der Waals surface area contributed by atoms with Crippen molar-refractivity contribution in [2.24, 2.45) is 5.92 Å². The van der Waals surface area contributed by atoms with Gasteiger partial charge in [-0.1, -0.05) is 6.92 Å². The average Bonchev–Trinajstić information content (AvgIpc) is 3.06. The molecule has 1 aliphatic heterocycles. The van der Waals surface area contributed by atoms with E-state index in [1.807, 2.05) is 26.1 Å². The number of rotatable bonds is 4. The van der Waals surface area contributed by atoms with Gasteiger partial charge in [0, 0.05) is 36.6 Å². The monoisotopic (exact) mass is 301 g/mol. The highest BCUT2D eigenvalue weighted by Crippen LogP contribution is 2.24. The lowest BCUT2D eigenvalue weighted by Gasteiger charge is -2.17. The van der Waals surface area contributed by atoms with E-state index in [0.29, 0.717) is 6.54 Å². The van der Waals surface area contributed by atoms with Crippen LogP contribution in [0.15, 0.2) is 12.3 Å². The first-order valence-corrected chi connectivity index (χ1v) is 7.83. The van der Waals surface area contributed by atoms with E-state index in [1.165, 1.54) is 0 Å². The molecule has 0 amide bonds. The van der Waals surface area contributed by atoms with E-state index in [2.05, 4.69) is 32.0 Å². The average molecular weight is 301 g/mol. The molecule has 22 heavy (non-hydrogen) atoms. The summed E-state index contributed by atoms with van der Waals surface area (Å²) < 4.78 is 0. The van der Waals surface area contributed by atoms with Crippen molar-refractivity contribution in [2.45, 2.75) is 39.7 Å². The van der Waals surface area contributed by atoms with Crippen LogP contribution in [-0.2, 0) is 12.8 Å². The highest BCUT2D eigenvalue weighted by molar-refractivity contribution is 5.35. The van der Waals surface area contributed by atoms with E-state index in [9.17, 15) is 5.11 Å². The van der Waals surface area contributed by atoms with Crippen molar-refractivity contribution in [1.29, 1.82) is 0 Å². The second-order valence-electron chi connectivity index (χ2n) is 6.13. The van der Waals surface area contributed by atoms with Crippen molar-refractivity contribution in [1.82, 2.24) is 20.2 Å². The minimum Gasteiger partial charge on any atom is -0.391 e. The van der Waals surface area contributed by atoms with E-state index in [-0.39, 0.29) is 12.0 Å². The number of aromatic amines is 1. The summed E-state index contributed by atoms with van der Waals surface area (Å²) >= 11 is 0. The summed E-state index contributed by atoms with van der Waals surface area (Å²) in [5.41, 5.74) is 4.25. The van der Waals surface area contributed by atoms with Crippen LogP contribution in [0.5, 0.6) is 0 Å². The van der Waals surface area contributed by atoms with Crippen molar-refractivity contribution < 1.29 is 5.11 Å². The third-order valence-corrected chi connectivity index (χ3v) is 4.32. The number of anilines is 1. The molecule has 0 radical (unpaired) electrons. The van der Waals surface area contributed by atoms with E-state index < -0.39 is 0 Å². The number of nitrogens with one attached hydrogen (secondary N) is 1. The molecule has 2 N–H and O–H groups in total. The summed E-state index contributed by atoms with van der Waals surface area (Å²) in [7, 11) is 0. The van der Waals surface area contributed by atoms with Crippen LogP contribution in [0.1, 0.15) is 29.6 Å². The normalized spacial score (nSPS) is 21.5. The van der Waals surface area contributed by atoms with Gasteiger partial charge >= 0.3 is 0 Å². The number of aliphatic hydroxyl groups excluding tert-OH is 1. The summed E-state index contributed by atoms with van der Waals surface area (Å²) in [5.74, 6) is 0.889. The number of aromatic nitrogens is 4. The molecule has 0 aromatic carbocycles. The molecular formula is C16H23N5O. The predicted octanol–water partition coefficient (Wildman–Crippen LogP) is 1.42. The molecule has 1 saturated heterocycles. The first kappa shape index (κ1) is 15.0. The number of H-pyrrole nitrogens is 1. The number of β-amino-alcohol motifs (C(OH)–C–C–N with tert-alkyl or cyclic N) is 1. The molecule has 118 valence electrons. The second kappa shape index (κ2) is 6.04. The number of hydrogen-bond acceptors (Lipinski definition) is 5. The molecule has 0 bridgehead atoms. The van der Waals surface area contributed by atoms with Gasteiger partial charge < -0.3 is 10.0 Å². The summed E-state index contributed by atoms with van der Waals surface area (Å²) in [6, 6.07) is 2.03. The molecule has 1 fully saturated rings. The minimum atomic E-state index is -0.369. The van der Waals surface area contributed by atoms with Crippen molar-refractivity contribution in [3.05, 3.63) is 34.9 Å². The Kier molecular flexibility index (Phi) is 4.11. The van der Waals surface area contributed by atoms with Gasteiger partial charge in [-0.15, -0.1) is 0 Å². The molecule has 0 unspecified atom stereocenters. The lowest BCUT2D eigenvalue weighted by atomic mass is 10.0. The van der Waals surface area contributed by atoms with Gasteiger partial charge in [0.2, 0.25) is 5.95 Å². The SMILES string of the molecule is CCc1nc(N2C[C@@H](Cc3cc(C)[nH]n3)[C@H](O)C2)ncc1C. The first-order valence-electron chi connectivity index (χ1n) is 7.83. The van der Waals surface area contributed by atoms with Crippen molar-refractivity contribution in [3.63, 3.8) is 0 Å². The lowest BCUT2D eigenvalue weighted by molar-refractivity contribution is 0.147. The standard InChI is InChI=1S/C16H23N5O/c1-4-14-10(2)7-17-16(18-14)21-8-12(15(22)9-21)6-13-5-11(3)19-20-13/h5,7,12,15,22H,4,6,8-9H2,1-3H3,(H,19,20)/t12-,15-/m1/s1. The van der Waals surface area contributed by atoms with Crippen LogP contribution in [0.2, 0.25) is 0 Å². The predicted molar refractivity (Wildman–Crippen MR) is 84.9 cm³/mol. The fraction of sp³-hybridized carbons (Fsp3) is 0.562. The maximum Gasteiger partial charge on any atom is 0.225 e. The smallest absolute Gasteiger partial charge is 0.225 e. The highest BCUT2D eigenvalue weighted by atomic mass is 16.3. The Bertz CT molecular complexity index is 654. The zero-order valence-electron chi connectivity index (χ0n) is 13.4. The van der Waals surface area contributed by atoms with Gasteiger partial charge in [-0.05, 0) is 38.3 Å². The molecule has 0 aliphatic carbocycles. The van der Waals surface area contributed by atoms with E-state index in [1.54, 1.807) is 0 Å². The fourth-order valence-electron chi connectivity index (χ4n) is 3.04. The summed E-state index contributed by atoms with van der Waals surface area (Å²) in [6.45, 7) is 7.46. The van der Waals surface area contributed by atoms with Crippen molar-refractivity contribution in [2.75, 3.05) is 18.0 Å². The Hall–Kier alpha value is -1.95. The van der Waals surface area contributed by atoms with Gasteiger partial charge in [0.15, 0.2) is 0 Å². The third-order valence-electron chi connectivity index (χ3n) is 4.32. The molecule has 3 rings (SSSR count). The Morgan fingerprint density at radius 2 is 2.18 bits per heavy atom. The minimum absolute atomic E-state index is 0.165. The molecule has 0 spiro atoms. The third kappa shape index (κ3) is 2.97. The molecule has 2 aromatic rings. The molecule has 2 atom stereocenters. The van der Waals surface area contributed by atoms with Crippen molar-refractivity contribution >= 4 is 5.95 Å². The van der Waals surface area contributed by atoms with Gasteiger partial charge in [-0.25, -0.2) is 9.97 Å². The largest absolute Gasteiger partial charge is 0.391 e. The molecule has 1 aliphatic rings. The van der Waals surface area contributed by atoms with Gasteiger partial charge in [0.25, 0.3) is 0 Å². The van der Waals surface area contributed by atoms with Crippen molar-refractivity contribution in [3.8, 4) is 0 Å². The van der Waals surface area contributed by atoms with Crippen LogP contribution in [0.4, 0.5) is 5.95 Å². The molecule has 6 nitrogen and oxygen atoms in total. The van der Waals surface area contributed by atoms with Gasteiger partial charge in [-0.3, -0.25) is 5.10 Å². The Labute approximate surface area is 130 Å². The van der Waals surface area contributed by atoms with Gasteiger partial charge in [-0.2, -0.15) is 5.10 Å². The van der Waals surface area contributed by atoms with E-state index in [4.69, 9.17) is 0 Å². The fourth-order valence-corrected chi connectivity index (χ4v) is 3.04. The first-order chi connectivity index (χ1) is 10.6. The molecule has 0 saturated carbocycles. The molecule has 3 heterocycles. The maximum absolute atomic E-state index is 10.3. The maximum atomic E-state index is 10.3. The summed E-state index contributed by atoms with van der Waals surface area (Å²) in [4.78, 5) is 11.1. The zero-order valence-corrected chi connectivity index (χ0v) is 13.4. The molecule has 6 heteroatoms. The van der Waals surface area contributed by atoms with Crippen LogP contribution in [-0.4, -0.2) is 44.5 Å². The Morgan fingerprint density at radius 3 is 2.86 bits per heavy atom. The topological polar surface area (TPSA) is 77.9 Å². The van der Waals surface area contributed by atoms with E-state index >= 15 is 0 Å². The van der Waals surface area contributed by atoms with Crippen LogP contribution in [0, 0.1) is 19.8 Å². The van der Waals surface area contributed by atoms with Crippen LogP contribution in [0.25, 0.3) is 0 Å². The van der Waals surface area contributed by atoms with Crippen LogP contribution in [0.3, 0.4) is 0 Å². The molecule has 2 aromatic heterocycles. The van der Waals surface area contributed by atoms with Crippen LogP contribution >= 0.6 is 0 Å². The van der Waals surface area contributed by atoms with Crippen LogP contribution < -0.4 is 4.90 Å². The number of nitrogens with zero attached hydrogens (tertiary/aromatic N) is 4. The Morgan fingerprint density at radius 1 is 1.36 bits per heavy atom.